The van der Waals surface area contributed by atoms with E-state index in [1.807, 2.05) is 18.2 Å². The second kappa shape index (κ2) is 6.68. The molecule has 0 saturated heterocycles. The summed E-state index contributed by atoms with van der Waals surface area (Å²) >= 11 is 4.71. The first-order chi connectivity index (χ1) is 11.4. The number of fused-ring (bicyclic) bond motifs is 2. The molecular weight excluding hydrogens is 396 g/mol. The van der Waals surface area contributed by atoms with Gasteiger partial charge in [0.05, 0.1) is 18.4 Å². The Balaban J connectivity index is 2.04. The van der Waals surface area contributed by atoms with E-state index in [1.54, 1.807) is 13.8 Å². The first-order valence-electron chi connectivity index (χ1n) is 7.50. The molecule has 0 spiro atoms. The summed E-state index contributed by atoms with van der Waals surface area (Å²) < 4.78 is 11.9. The lowest BCUT2D eigenvalue weighted by atomic mass is 10.1. The highest BCUT2D eigenvalue weighted by atomic mass is 79.9. The van der Waals surface area contributed by atoms with Gasteiger partial charge >= 0.3 is 12.0 Å². The van der Waals surface area contributed by atoms with Crippen molar-refractivity contribution >= 4 is 45.4 Å². The van der Waals surface area contributed by atoms with Crippen molar-refractivity contribution in [2.75, 3.05) is 6.61 Å². The number of ether oxygens (including phenoxy) is 2. The summed E-state index contributed by atoms with van der Waals surface area (Å²) in [5.41, 5.74) is 6.97. The van der Waals surface area contributed by atoms with Crippen molar-refractivity contribution in [3.05, 3.63) is 33.1 Å². The van der Waals surface area contributed by atoms with Crippen LogP contribution in [0.2, 0.25) is 0 Å². The van der Waals surface area contributed by atoms with Gasteiger partial charge in [-0.1, -0.05) is 27.7 Å². The van der Waals surface area contributed by atoms with Crippen LogP contribution in [-0.4, -0.2) is 35.0 Å². The number of thioether (sulfide) groups is 1. The largest absolute Gasteiger partial charge is 0.492 e. The SMILES string of the molecule is CC(C)OC(=O)C1SC2=C(c3ccc(Br)cc3OCC2)N1C(N)=O. The van der Waals surface area contributed by atoms with Crippen molar-refractivity contribution in [1.29, 1.82) is 0 Å². The van der Waals surface area contributed by atoms with Gasteiger partial charge in [0.2, 0.25) is 0 Å². The van der Waals surface area contributed by atoms with E-state index in [0.29, 0.717) is 24.5 Å². The molecule has 0 bridgehead atoms. The fourth-order valence-corrected chi connectivity index (χ4v) is 4.28. The Morgan fingerprint density at radius 2 is 2.21 bits per heavy atom. The Morgan fingerprint density at radius 1 is 1.46 bits per heavy atom. The number of esters is 1. The van der Waals surface area contributed by atoms with E-state index in [0.717, 1.165) is 14.9 Å². The quantitative estimate of drug-likeness (QED) is 0.753. The van der Waals surface area contributed by atoms with E-state index in [9.17, 15) is 9.59 Å². The first kappa shape index (κ1) is 17.2. The second-order valence-electron chi connectivity index (χ2n) is 5.67. The number of hydrogen-bond donors (Lipinski definition) is 1. The molecule has 1 aromatic rings. The third-order valence-corrected chi connectivity index (χ3v) is 5.37. The van der Waals surface area contributed by atoms with E-state index < -0.39 is 17.4 Å². The van der Waals surface area contributed by atoms with Crippen LogP contribution >= 0.6 is 27.7 Å². The Bertz CT molecular complexity index is 735. The van der Waals surface area contributed by atoms with Gasteiger partial charge in [-0.05, 0) is 32.0 Å². The van der Waals surface area contributed by atoms with E-state index in [1.165, 1.54) is 16.7 Å². The van der Waals surface area contributed by atoms with Crippen LogP contribution in [0.4, 0.5) is 4.79 Å². The molecule has 0 saturated carbocycles. The molecule has 0 fully saturated rings. The van der Waals surface area contributed by atoms with Crippen LogP contribution < -0.4 is 10.5 Å². The molecule has 6 nitrogen and oxygen atoms in total. The van der Waals surface area contributed by atoms with Gasteiger partial charge in [0, 0.05) is 21.4 Å². The molecule has 2 heterocycles. The summed E-state index contributed by atoms with van der Waals surface area (Å²) in [5, 5.41) is -0.801. The van der Waals surface area contributed by atoms with Crippen LogP contribution in [0.5, 0.6) is 5.75 Å². The van der Waals surface area contributed by atoms with Crippen LogP contribution in [0, 0.1) is 0 Å². The number of hydrogen-bond acceptors (Lipinski definition) is 5. The van der Waals surface area contributed by atoms with E-state index in [-0.39, 0.29) is 6.10 Å². The van der Waals surface area contributed by atoms with Crippen molar-refractivity contribution < 1.29 is 19.1 Å². The highest BCUT2D eigenvalue weighted by Gasteiger charge is 2.43. The lowest BCUT2D eigenvalue weighted by Gasteiger charge is -2.25. The Hall–Kier alpha value is -1.67. The lowest BCUT2D eigenvalue weighted by Crippen LogP contribution is -2.43. The maximum Gasteiger partial charge on any atom is 0.340 e. The fraction of sp³-hybridized carbons (Fsp3) is 0.375. The Morgan fingerprint density at radius 3 is 2.88 bits per heavy atom. The monoisotopic (exact) mass is 412 g/mol. The summed E-state index contributed by atoms with van der Waals surface area (Å²) in [4.78, 5) is 26.7. The van der Waals surface area contributed by atoms with E-state index in [2.05, 4.69) is 15.9 Å². The number of urea groups is 1. The summed E-state index contributed by atoms with van der Waals surface area (Å²) in [7, 11) is 0. The topological polar surface area (TPSA) is 81.9 Å². The number of halogens is 1. The average Bonchev–Trinajstić information content (AvgIpc) is 2.78. The smallest absolute Gasteiger partial charge is 0.340 e. The number of benzene rings is 1. The predicted octanol–water partition coefficient (Wildman–Crippen LogP) is 3.31. The van der Waals surface area contributed by atoms with Crippen molar-refractivity contribution in [2.45, 2.75) is 31.7 Å². The fourth-order valence-electron chi connectivity index (χ4n) is 2.69. The molecule has 2 amide bonds. The highest BCUT2D eigenvalue weighted by molar-refractivity contribution is 9.10. The zero-order chi connectivity index (χ0) is 17.4. The number of amides is 2. The van der Waals surface area contributed by atoms with Gasteiger partial charge in [-0.25, -0.2) is 9.59 Å². The summed E-state index contributed by atoms with van der Waals surface area (Å²) in [5.74, 6) is 0.181. The van der Waals surface area contributed by atoms with Gasteiger partial charge in [0.15, 0.2) is 5.37 Å². The molecule has 128 valence electrons. The summed E-state index contributed by atoms with van der Waals surface area (Å²) in [6, 6.07) is 4.87. The van der Waals surface area contributed by atoms with Crippen molar-refractivity contribution in [2.24, 2.45) is 5.73 Å². The number of primary amides is 1. The molecule has 2 aliphatic heterocycles. The van der Waals surface area contributed by atoms with Crippen LogP contribution in [0.1, 0.15) is 25.8 Å². The molecule has 3 rings (SSSR count). The summed E-state index contributed by atoms with van der Waals surface area (Å²) in [6.07, 6.45) is 0.335. The molecule has 2 N–H and O–H groups in total. The number of nitrogens with zero attached hydrogens (tertiary/aromatic N) is 1. The van der Waals surface area contributed by atoms with Gasteiger partial charge in [-0.15, -0.1) is 0 Å². The molecule has 0 aromatic heterocycles. The number of nitrogens with two attached hydrogens (primary N) is 1. The number of rotatable bonds is 2. The molecule has 1 unspecified atom stereocenters. The van der Waals surface area contributed by atoms with Crippen LogP contribution in [-0.2, 0) is 9.53 Å². The first-order valence-corrected chi connectivity index (χ1v) is 9.17. The Kier molecular flexibility index (Phi) is 4.78. The van der Waals surface area contributed by atoms with Gasteiger partial charge < -0.3 is 15.2 Å². The van der Waals surface area contributed by atoms with E-state index in [4.69, 9.17) is 15.2 Å². The molecule has 24 heavy (non-hydrogen) atoms. The third-order valence-electron chi connectivity index (χ3n) is 3.57. The van der Waals surface area contributed by atoms with Crippen LogP contribution in [0.3, 0.4) is 0 Å². The minimum Gasteiger partial charge on any atom is -0.492 e. The van der Waals surface area contributed by atoms with Crippen molar-refractivity contribution in [1.82, 2.24) is 4.90 Å². The van der Waals surface area contributed by atoms with Gasteiger partial charge in [-0.3, -0.25) is 4.90 Å². The average molecular weight is 413 g/mol. The summed E-state index contributed by atoms with van der Waals surface area (Å²) in [6.45, 7) is 4.00. The zero-order valence-corrected chi connectivity index (χ0v) is 15.6. The van der Waals surface area contributed by atoms with Gasteiger partial charge in [0.1, 0.15) is 5.75 Å². The molecule has 0 aliphatic carbocycles. The maximum absolute atomic E-state index is 12.4. The minimum atomic E-state index is -0.801. The molecule has 1 atom stereocenters. The normalized spacial score (nSPS) is 19.5. The second-order valence-corrected chi connectivity index (χ2v) is 7.77. The third kappa shape index (κ3) is 3.12. The molecular formula is C16H17BrN2O4S. The van der Waals surface area contributed by atoms with Gasteiger partial charge in [0.25, 0.3) is 0 Å². The zero-order valence-electron chi connectivity index (χ0n) is 13.2. The molecule has 0 radical (unpaired) electrons. The number of carbonyl (C=O) groups is 2. The molecule has 1 aromatic carbocycles. The van der Waals surface area contributed by atoms with E-state index >= 15 is 0 Å². The predicted molar refractivity (Wildman–Crippen MR) is 95.2 cm³/mol. The Labute approximate surface area is 152 Å². The van der Waals surface area contributed by atoms with Crippen LogP contribution in [0.25, 0.3) is 5.70 Å². The van der Waals surface area contributed by atoms with Crippen molar-refractivity contribution in [3.63, 3.8) is 0 Å². The molecule has 2 aliphatic rings. The molecule has 8 heteroatoms. The number of carbonyl (C=O) groups excluding carboxylic acids is 2. The van der Waals surface area contributed by atoms with Crippen molar-refractivity contribution in [3.8, 4) is 5.75 Å². The minimum absolute atomic E-state index is 0.264. The highest BCUT2D eigenvalue weighted by Crippen LogP contribution is 2.48. The lowest BCUT2D eigenvalue weighted by molar-refractivity contribution is -0.148. The maximum atomic E-state index is 12.4. The standard InChI is InChI=1S/C16H17BrN2O4S/c1-8(2)23-15(20)14-19(16(18)21)13-10-4-3-9(17)7-11(10)22-6-5-12(13)24-14/h3-4,7-8,14H,5-6H2,1-2H3,(H2,18,21). The van der Waals surface area contributed by atoms with Gasteiger partial charge in [-0.2, -0.15) is 0 Å². The van der Waals surface area contributed by atoms with Crippen LogP contribution in [0.15, 0.2) is 27.6 Å².